The van der Waals surface area contributed by atoms with Crippen LogP contribution < -0.4 is 19.1 Å². The van der Waals surface area contributed by atoms with Crippen molar-refractivity contribution in [3.63, 3.8) is 0 Å². The first-order valence-electron chi connectivity index (χ1n) is 12.8. The number of nitrogens with one attached hydrogen (secondary N) is 2. The van der Waals surface area contributed by atoms with E-state index in [1.165, 1.54) is 28.6 Å². The van der Waals surface area contributed by atoms with Gasteiger partial charge in [-0.2, -0.15) is 0 Å². The minimum absolute atomic E-state index is 0.0229. The molecule has 0 aromatic heterocycles. The van der Waals surface area contributed by atoms with Gasteiger partial charge in [0.1, 0.15) is 5.75 Å². The molecule has 0 spiro atoms. The lowest BCUT2D eigenvalue weighted by Gasteiger charge is -2.34. The number of carbonyl (C=O) groups is 1. The zero-order valence-electron chi connectivity index (χ0n) is 22.4. The molecule has 4 aromatic rings. The van der Waals surface area contributed by atoms with Gasteiger partial charge in [0, 0.05) is 11.4 Å². The predicted molar refractivity (Wildman–Crippen MR) is 159 cm³/mol. The molecule has 2 N–H and O–H groups in total. The van der Waals surface area contributed by atoms with Crippen molar-refractivity contribution in [2.75, 3.05) is 20.9 Å². The Balaban J connectivity index is 1.31. The van der Waals surface area contributed by atoms with Crippen LogP contribution in [0.5, 0.6) is 5.75 Å². The second-order valence-corrected chi connectivity index (χ2v) is 13.3. The van der Waals surface area contributed by atoms with Crippen LogP contribution in [0.25, 0.3) is 0 Å². The number of carbonyl (C=O) groups excluding carboxylic acids is 1. The summed E-state index contributed by atoms with van der Waals surface area (Å²) in [5.74, 6) is -0.527. The quantitative estimate of drug-likeness (QED) is 0.302. The van der Waals surface area contributed by atoms with Crippen LogP contribution in [0, 0.1) is 13.8 Å². The van der Waals surface area contributed by atoms with Gasteiger partial charge in [-0.25, -0.2) is 16.8 Å². The van der Waals surface area contributed by atoms with Gasteiger partial charge in [0.25, 0.3) is 15.9 Å². The molecule has 5 rings (SSSR count). The van der Waals surface area contributed by atoms with E-state index in [0.29, 0.717) is 22.6 Å². The number of rotatable bonds is 8. The molecular formula is C30H29N3O6S2. The Labute approximate surface area is 239 Å². The molecule has 1 amide bonds. The number of ether oxygens (including phenoxy) is 1. The molecule has 0 bridgehead atoms. The van der Waals surface area contributed by atoms with Crippen LogP contribution in [0.3, 0.4) is 0 Å². The summed E-state index contributed by atoms with van der Waals surface area (Å²) >= 11 is 0. The van der Waals surface area contributed by atoms with Crippen LogP contribution in [0.1, 0.15) is 16.7 Å². The lowest BCUT2D eigenvalue weighted by atomic mass is 10.1. The van der Waals surface area contributed by atoms with Crippen LogP contribution in [0.4, 0.5) is 17.1 Å². The fourth-order valence-corrected chi connectivity index (χ4v) is 7.06. The minimum atomic E-state index is -3.85. The topological polar surface area (TPSA) is 122 Å². The van der Waals surface area contributed by atoms with E-state index in [1.54, 1.807) is 60.7 Å². The molecule has 1 heterocycles. The molecule has 0 saturated heterocycles. The highest BCUT2D eigenvalue weighted by Crippen LogP contribution is 2.36. The second-order valence-electron chi connectivity index (χ2n) is 9.77. The first-order valence-corrected chi connectivity index (χ1v) is 15.9. The lowest BCUT2D eigenvalue weighted by Crippen LogP contribution is -2.49. The molecule has 0 radical (unpaired) electrons. The third-order valence-electron chi connectivity index (χ3n) is 6.75. The normalized spacial score (nSPS) is 15.0. The number of amides is 1. The molecule has 1 atom stereocenters. The molecule has 0 aliphatic carbocycles. The van der Waals surface area contributed by atoms with E-state index in [0.717, 1.165) is 11.1 Å². The summed E-state index contributed by atoms with van der Waals surface area (Å²) in [7, 11) is -7.69. The minimum Gasteiger partial charge on any atom is -0.476 e. The predicted octanol–water partition coefficient (Wildman–Crippen LogP) is 4.84. The van der Waals surface area contributed by atoms with Gasteiger partial charge >= 0.3 is 0 Å². The number of sulfonamides is 2. The molecule has 1 unspecified atom stereocenters. The highest BCUT2D eigenvalue weighted by Gasteiger charge is 2.36. The van der Waals surface area contributed by atoms with E-state index in [9.17, 15) is 21.6 Å². The maximum Gasteiger partial charge on any atom is 0.267 e. The SMILES string of the molecule is Cc1ccc(NS(=O)(=O)c2ccc(NC(=O)C3CN(S(=O)(=O)Cc4ccccc4)c4ccccc4O3)cc2)cc1C. The van der Waals surface area contributed by atoms with Crippen molar-refractivity contribution < 1.29 is 26.4 Å². The Hall–Kier alpha value is -4.35. The molecule has 1 aliphatic rings. The van der Waals surface area contributed by atoms with Gasteiger partial charge in [0.05, 0.1) is 22.9 Å². The van der Waals surface area contributed by atoms with Gasteiger partial charge in [-0.1, -0.05) is 48.5 Å². The summed E-state index contributed by atoms with van der Waals surface area (Å²) in [4.78, 5) is 13.2. The second kappa shape index (κ2) is 11.3. The molecule has 4 aromatic carbocycles. The standard InChI is InChI=1S/C30H29N3O6S2/c1-21-12-13-25(18-22(21)2)32-41(37,38)26-16-14-24(15-17-26)31-30(34)29-19-33(27-10-6-7-11-28(27)39-29)40(35,36)20-23-8-4-3-5-9-23/h3-18,29,32H,19-20H2,1-2H3,(H,31,34). The van der Waals surface area contributed by atoms with Crippen LogP contribution in [0.15, 0.2) is 102 Å². The number of anilines is 3. The molecule has 9 nitrogen and oxygen atoms in total. The van der Waals surface area contributed by atoms with Crippen molar-refractivity contribution >= 4 is 43.0 Å². The van der Waals surface area contributed by atoms with Gasteiger partial charge in [-0.3, -0.25) is 13.8 Å². The molecule has 11 heteroatoms. The number of hydrogen-bond donors (Lipinski definition) is 2. The van der Waals surface area contributed by atoms with E-state index in [2.05, 4.69) is 10.0 Å². The third-order valence-corrected chi connectivity index (χ3v) is 9.86. The summed E-state index contributed by atoms with van der Waals surface area (Å²) in [6.45, 7) is 3.63. The van der Waals surface area contributed by atoms with Gasteiger partial charge in [0.2, 0.25) is 10.0 Å². The number of benzene rings is 4. The van der Waals surface area contributed by atoms with Gasteiger partial charge in [-0.15, -0.1) is 0 Å². The molecule has 212 valence electrons. The van der Waals surface area contributed by atoms with E-state index >= 15 is 0 Å². The average Bonchev–Trinajstić information content (AvgIpc) is 2.95. The van der Waals surface area contributed by atoms with Gasteiger partial charge in [0.15, 0.2) is 6.10 Å². The Kier molecular flexibility index (Phi) is 7.74. The van der Waals surface area contributed by atoms with Crippen molar-refractivity contribution in [1.29, 1.82) is 0 Å². The van der Waals surface area contributed by atoms with E-state index in [4.69, 9.17) is 4.74 Å². The zero-order chi connectivity index (χ0) is 29.2. The zero-order valence-corrected chi connectivity index (χ0v) is 24.1. The molecule has 1 aliphatic heterocycles. The molecule has 0 saturated carbocycles. The van der Waals surface area contributed by atoms with Crippen LogP contribution in [-0.2, 0) is 30.6 Å². The first-order chi connectivity index (χ1) is 19.5. The Morgan fingerprint density at radius 2 is 1.49 bits per heavy atom. The molecule has 0 fully saturated rings. The van der Waals surface area contributed by atoms with E-state index in [1.807, 2.05) is 26.0 Å². The van der Waals surface area contributed by atoms with Crippen LogP contribution in [-0.4, -0.2) is 35.4 Å². The molecular weight excluding hydrogens is 562 g/mol. The number of fused-ring (bicyclic) bond motifs is 1. The van der Waals surface area contributed by atoms with Crippen LogP contribution in [0.2, 0.25) is 0 Å². The van der Waals surface area contributed by atoms with E-state index < -0.39 is 32.1 Å². The van der Waals surface area contributed by atoms with Crippen molar-refractivity contribution in [2.24, 2.45) is 0 Å². The largest absolute Gasteiger partial charge is 0.476 e. The van der Waals surface area contributed by atoms with Crippen molar-refractivity contribution in [3.05, 3.63) is 114 Å². The number of hydrogen-bond acceptors (Lipinski definition) is 6. The highest BCUT2D eigenvalue weighted by atomic mass is 32.2. The van der Waals surface area contributed by atoms with Crippen molar-refractivity contribution in [3.8, 4) is 5.75 Å². The summed E-state index contributed by atoms with van der Waals surface area (Å²) in [6, 6.07) is 26.5. The maximum atomic E-state index is 13.4. The lowest BCUT2D eigenvalue weighted by molar-refractivity contribution is -0.122. The Bertz CT molecular complexity index is 1790. The van der Waals surface area contributed by atoms with Crippen molar-refractivity contribution in [2.45, 2.75) is 30.6 Å². The summed E-state index contributed by atoms with van der Waals surface area (Å²) in [6.07, 6.45) is -1.13. The number of aryl methyl sites for hydroxylation is 2. The van der Waals surface area contributed by atoms with Crippen molar-refractivity contribution in [1.82, 2.24) is 0 Å². The third kappa shape index (κ3) is 6.36. The average molecular weight is 592 g/mol. The summed E-state index contributed by atoms with van der Waals surface area (Å²) in [5.41, 5.74) is 3.78. The van der Waals surface area contributed by atoms with E-state index in [-0.39, 0.29) is 22.9 Å². The fraction of sp³-hybridized carbons (Fsp3) is 0.167. The summed E-state index contributed by atoms with van der Waals surface area (Å²) in [5, 5.41) is 2.71. The number of para-hydroxylation sites is 2. The van der Waals surface area contributed by atoms with Gasteiger partial charge < -0.3 is 10.1 Å². The Morgan fingerprint density at radius 1 is 0.829 bits per heavy atom. The fourth-order valence-electron chi connectivity index (χ4n) is 4.42. The van der Waals surface area contributed by atoms with Crippen LogP contribution >= 0.6 is 0 Å². The first kappa shape index (κ1) is 28.2. The number of nitrogens with zero attached hydrogens (tertiary/aromatic N) is 1. The van der Waals surface area contributed by atoms with Gasteiger partial charge in [-0.05, 0) is 79.1 Å². The monoisotopic (exact) mass is 591 g/mol. The smallest absolute Gasteiger partial charge is 0.267 e. The summed E-state index contributed by atoms with van der Waals surface area (Å²) < 4.78 is 62.2. The Morgan fingerprint density at radius 3 is 2.20 bits per heavy atom. The highest BCUT2D eigenvalue weighted by molar-refractivity contribution is 7.92. The maximum absolute atomic E-state index is 13.4. The molecule has 41 heavy (non-hydrogen) atoms.